The summed E-state index contributed by atoms with van der Waals surface area (Å²) in [5, 5.41) is 0. The van der Waals surface area contributed by atoms with Crippen molar-refractivity contribution in [2.24, 2.45) is 23.7 Å². The van der Waals surface area contributed by atoms with Crippen molar-refractivity contribution in [2.45, 2.75) is 43.9 Å². The number of hydrogen-bond donors (Lipinski definition) is 2. The van der Waals surface area contributed by atoms with E-state index in [1.54, 1.807) is 0 Å². The molecule has 0 radical (unpaired) electrons. The molecule has 2 N–H and O–H groups in total. The van der Waals surface area contributed by atoms with Gasteiger partial charge in [-0.25, -0.2) is 13.8 Å². The highest BCUT2D eigenvalue weighted by Gasteiger charge is 2.48. The zero-order valence-electron chi connectivity index (χ0n) is 12.7. The molecule has 4 saturated carbocycles. The van der Waals surface area contributed by atoms with Crippen LogP contribution in [0.2, 0.25) is 0 Å². The quantitative estimate of drug-likeness (QED) is 0.819. The first kappa shape index (κ1) is 14.7. The Morgan fingerprint density at radius 1 is 0.909 bits per heavy atom. The molecule has 0 aliphatic heterocycles. The second kappa shape index (κ2) is 5.62. The minimum atomic E-state index is -3.33. The van der Waals surface area contributed by atoms with Crippen LogP contribution in [0.3, 0.4) is 0 Å². The van der Waals surface area contributed by atoms with Gasteiger partial charge in [-0.1, -0.05) is 30.3 Å². The molecular formula is C17H24N2O2S. The molecule has 0 atom stereocenters. The molecule has 22 heavy (non-hydrogen) atoms. The van der Waals surface area contributed by atoms with E-state index in [0.29, 0.717) is 17.9 Å². The van der Waals surface area contributed by atoms with Gasteiger partial charge in [0.05, 0.1) is 5.75 Å². The number of hydrazine groups is 1. The molecule has 4 aliphatic rings. The Kier molecular flexibility index (Phi) is 3.75. The summed E-state index contributed by atoms with van der Waals surface area (Å²) in [4.78, 5) is 2.66. The smallest absolute Gasteiger partial charge is 0.228 e. The van der Waals surface area contributed by atoms with Gasteiger partial charge < -0.3 is 0 Å². The van der Waals surface area contributed by atoms with Gasteiger partial charge in [0.25, 0.3) is 0 Å². The van der Waals surface area contributed by atoms with Crippen molar-refractivity contribution in [2.75, 3.05) is 0 Å². The Hall–Kier alpha value is -0.910. The fourth-order valence-corrected chi connectivity index (χ4v) is 6.17. The van der Waals surface area contributed by atoms with Crippen LogP contribution in [0.5, 0.6) is 0 Å². The van der Waals surface area contributed by atoms with Crippen molar-refractivity contribution in [3.05, 3.63) is 35.9 Å². The van der Waals surface area contributed by atoms with Gasteiger partial charge in [-0.2, -0.15) is 4.83 Å². The van der Waals surface area contributed by atoms with Crippen LogP contribution in [0.15, 0.2) is 30.3 Å². The number of rotatable bonds is 5. The average Bonchev–Trinajstić information content (AvgIpc) is 2.46. The zero-order valence-corrected chi connectivity index (χ0v) is 13.6. The van der Waals surface area contributed by atoms with Gasteiger partial charge in [-0.05, 0) is 61.3 Å². The normalized spacial score (nSPS) is 36.6. The molecule has 1 aromatic carbocycles. The molecule has 4 aliphatic carbocycles. The maximum atomic E-state index is 12.3. The highest BCUT2D eigenvalue weighted by atomic mass is 32.2. The number of benzene rings is 1. The second-order valence-electron chi connectivity index (χ2n) is 7.45. The zero-order chi connectivity index (χ0) is 15.2. The second-order valence-corrected chi connectivity index (χ2v) is 9.17. The fourth-order valence-electron chi connectivity index (χ4n) is 5.15. The van der Waals surface area contributed by atoms with Crippen LogP contribution in [0, 0.1) is 23.7 Å². The van der Waals surface area contributed by atoms with Gasteiger partial charge in [-0.3, -0.25) is 0 Å². The summed E-state index contributed by atoms with van der Waals surface area (Å²) >= 11 is 0. The first-order valence-electron chi connectivity index (χ1n) is 8.38. The third-order valence-corrected chi connectivity index (χ3v) is 6.95. The summed E-state index contributed by atoms with van der Waals surface area (Å²) in [5.41, 5.74) is 4.01. The molecule has 0 saturated heterocycles. The lowest BCUT2D eigenvalue weighted by Crippen LogP contribution is -2.58. The molecule has 5 rings (SSSR count). The van der Waals surface area contributed by atoms with Gasteiger partial charge in [0.2, 0.25) is 10.0 Å². The summed E-state index contributed by atoms with van der Waals surface area (Å²) in [6.45, 7) is 0. The molecule has 0 unspecified atom stereocenters. The van der Waals surface area contributed by atoms with Crippen LogP contribution >= 0.6 is 0 Å². The standard InChI is InChI=1S/C17H24N2O2S/c20-22(21,11-12-4-2-1-3-5-12)19-18-17-15-7-13-6-14(9-15)10-16(17)8-13/h1-5,13-19H,6-11H2. The molecular weight excluding hydrogens is 296 g/mol. The van der Waals surface area contributed by atoms with Crippen LogP contribution in [0.1, 0.15) is 37.7 Å². The maximum Gasteiger partial charge on any atom is 0.228 e. The fraction of sp³-hybridized carbons (Fsp3) is 0.647. The Morgan fingerprint density at radius 2 is 1.50 bits per heavy atom. The third kappa shape index (κ3) is 2.94. The first-order valence-corrected chi connectivity index (χ1v) is 10.0. The predicted octanol–water partition coefficient (Wildman–Crippen LogP) is 2.44. The van der Waals surface area contributed by atoms with Crippen LogP contribution < -0.4 is 10.3 Å². The Morgan fingerprint density at radius 3 is 2.09 bits per heavy atom. The van der Waals surface area contributed by atoms with E-state index in [9.17, 15) is 8.42 Å². The average molecular weight is 320 g/mol. The Balaban J connectivity index is 1.38. The van der Waals surface area contributed by atoms with Crippen LogP contribution in [0.4, 0.5) is 0 Å². The molecule has 0 spiro atoms. The summed E-state index contributed by atoms with van der Waals surface area (Å²) in [6, 6.07) is 9.67. The van der Waals surface area contributed by atoms with Crippen LogP contribution in [-0.4, -0.2) is 14.5 Å². The topological polar surface area (TPSA) is 58.2 Å². The van der Waals surface area contributed by atoms with Gasteiger partial charge >= 0.3 is 0 Å². The summed E-state index contributed by atoms with van der Waals surface area (Å²) < 4.78 is 24.5. The molecule has 4 nitrogen and oxygen atoms in total. The highest BCUT2D eigenvalue weighted by molar-refractivity contribution is 7.88. The molecule has 4 fully saturated rings. The van der Waals surface area contributed by atoms with Crippen molar-refractivity contribution in [3.63, 3.8) is 0 Å². The van der Waals surface area contributed by atoms with Crippen molar-refractivity contribution in [1.29, 1.82) is 0 Å². The SMILES string of the molecule is O=S(=O)(Cc1ccccc1)NNC1C2CC3CC(C2)CC1C3. The van der Waals surface area contributed by atoms with E-state index >= 15 is 0 Å². The van der Waals surface area contributed by atoms with Gasteiger partial charge in [0.15, 0.2) is 0 Å². The van der Waals surface area contributed by atoms with Crippen molar-refractivity contribution in [1.82, 2.24) is 10.3 Å². The first-order chi connectivity index (χ1) is 10.6. The minimum Gasteiger partial charge on any atom is -0.241 e. The molecule has 0 heterocycles. The van der Waals surface area contributed by atoms with Crippen molar-refractivity contribution in [3.8, 4) is 0 Å². The number of sulfonamides is 1. The third-order valence-electron chi connectivity index (χ3n) is 5.81. The lowest BCUT2D eigenvalue weighted by atomic mass is 9.54. The largest absolute Gasteiger partial charge is 0.241 e. The lowest BCUT2D eigenvalue weighted by molar-refractivity contribution is -0.0157. The van der Waals surface area contributed by atoms with E-state index in [0.717, 1.165) is 17.4 Å². The Bertz CT molecular complexity index is 601. The lowest BCUT2D eigenvalue weighted by Gasteiger charge is -2.54. The van der Waals surface area contributed by atoms with E-state index < -0.39 is 10.0 Å². The summed E-state index contributed by atoms with van der Waals surface area (Å²) in [5.74, 6) is 3.17. The molecule has 1 aromatic rings. The maximum absolute atomic E-state index is 12.3. The number of nitrogens with one attached hydrogen (secondary N) is 2. The molecule has 5 heteroatoms. The van der Waals surface area contributed by atoms with Crippen LogP contribution in [-0.2, 0) is 15.8 Å². The van der Waals surface area contributed by atoms with Crippen LogP contribution in [0.25, 0.3) is 0 Å². The van der Waals surface area contributed by atoms with Gasteiger partial charge in [-0.15, -0.1) is 0 Å². The van der Waals surface area contributed by atoms with E-state index in [1.165, 1.54) is 32.1 Å². The highest BCUT2D eigenvalue weighted by Crippen LogP contribution is 2.53. The molecule has 120 valence electrons. The van der Waals surface area contributed by atoms with E-state index in [4.69, 9.17) is 0 Å². The Labute approximate surface area is 132 Å². The van der Waals surface area contributed by atoms with E-state index in [2.05, 4.69) is 10.3 Å². The predicted molar refractivity (Wildman–Crippen MR) is 86.2 cm³/mol. The molecule has 0 aromatic heterocycles. The van der Waals surface area contributed by atoms with Crippen molar-refractivity contribution >= 4 is 10.0 Å². The van der Waals surface area contributed by atoms with Gasteiger partial charge in [0.1, 0.15) is 0 Å². The van der Waals surface area contributed by atoms with E-state index in [-0.39, 0.29) is 5.75 Å². The van der Waals surface area contributed by atoms with Gasteiger partial charge in [0, 0.05) is 6.04 Å². The van der Waals surface area contributed by atoms with Crippen molar-refractivity contribution < 1.29 is 8.42 Å². The number of hydrogen-bond acceptors (Lipinski definition) is 3. The van der Waals surface area contributed by atoms with E-state index in [1.807, 2.05) is 30.3 Å². The summed E-state index contributed by atoms with van der Waals surface area (Å²) in [7, 11) is -3.33. The summed E-state index contributed by atoms with van der Waals surface area (Å²) in [6.07, 6.45) is 6.55. The molecule has 0 amide bonds. The minimum absolute atomic E-state index is 0.0359. The monoisotopic (exact) mass is 320 g/mol. The molecule has 4 bridgehead atoms.